The molecule has 3 rings (SSSR count). The van der Waals surface area contributed by atoms with E-state index in [4.69, 9.17) is 0 Å². The number of hydrogen-bond acceptors (Lipinski definition) is 7. The molecule has 2 fully saturated rings. The molecule has 26 heavy (non-hydrogen) atoms. The first-order valence-electron chi connectivity index (χ1n) is 8.79. The van der Waals surface area contributed by atoms with Crippen molar-refractivity contribution in [1.82, 2.24) is 20.4 Å². The first kappa shape index (κ1) is 19.1. The van der Waals surface area contributed by atoms with Crippen LogP contribution in [0.25, 0.3) is 0 Å². The zero-order valence-electron chi connectivity index (χ0n) is 14.9. The van der Waals surface area contributed by atoms with Crippen LogP contribution in [0.4, 0.5) is 5.13 Å². The van der Waals surface area contributed by atoms with E-state index in [0.717, 1.165) is 25.7 Å². The Labute approximate surface area is 160 Å². The second-order valence-corrected chi connectivity index (χ2v) is 8.76. The maximum atomic E-state index is 12.2. The number of hydrogen-bond donors (Lipinski definition) is 1. The van der Waals surface area contributed by atoms with Crippen LogP contribution in [-0.2, 0) is 14.4 Å². The first-order valence-corrected chi connectivity index (χ1v) is 10.6. The number of aromatic nitrogens is 2. The number of carbonyl (C=O) groups is 3. The van der Waals surface area contributed by atoms with E-state index in [9.17, 15) is 14.4 Å². The monoisotopic (exact) mass is 397 g/mol. The van der Waals surface area contributed by atoms with Gasteiger partial charge in [0.1, 0.15) is 0 Å². The Morgan fingerprint density at radius 2 is 1.92 bits per heavy atom. The maximum Gasteiger partial charge on any atom is 0.239 e. The van der Waals surface area contributed by atoms with E-state index < -0.39 is 0 Å². The minimum Gasteiger partial charge on any atom is -0.352 e. The Morgan fingerprint density at radius 3 is 2.54 bits per heavy atom. The van der Waals surface area contributed by atoms with Crippen LogP contribution >= 0.6 is 23.1 Å². The molecule has 2 saturated carbocycles. The van der Waals surface area contributed by atoms with Gasteiger partial charge in [0.25, 0.3) is 0 Å². The van der Waals surface area contributed by atoms with Crippen molar-refractivity contribution < 1.29 is 14.4 Å². The van der Waals surface area contributed by atoms with E-state index in [1.807, 2.05) is 6.92 Å². The smallest absolute Gasteiger partial charge is 0.239 e. The SMILES string of the molecule is CCC(=O)N(c1nnc(SCC(=O)N(C)CC(=O)NC2CC2)s1)C1CC1. The highest BCUT2D eigenvalue weighted by atomic mass is 32.2. The van der Waals surface area contributed by atoms with Crippen LogP contribution in [0, 0.1) is 0 Å². The van der Waals surface area contributed by atoms with E-state index in [1.165, 1.54) is 28.0 Å². The number of amides is 3. The van der Waals surface area contributed by atoms with Gasteiger partial charge in [0.05, 0.1) is 12.3 Å². The number of thioether (sulfide) groups is 1. The van der Waals surface area contributed by atoms with Gasteiger partial charge in [-0.25, -0.2) is 0 Å². The molecule has 1 aromatic heterocycles. The summed E-state index contributed by atoms with van der Waals surface area (Å²) in [5, 5.41) is 11.7. The average molecular weight is 398 g/mol. The van der Waals surface area contributed by atoms with Crippen molar-refractivity contribution in [3.8, 4) is 0 Å². The van der Waals surface area contributed by atoms with Gasteiger partial charge in [-0.05, 0) is 25.7 Å². The molecule has 0 radical (unpaired) electrons. The molecule has 0 bridgehead atoms. The minimum absolute atomic E-state index is 0.0534. The number of anilines is 1. The van der Waals surface area contributed by atoms with Crippen molar-refractivity contribution in [1.29, 1.82) is 0 Å². The summed E-state index contributed by atoms with van der Waals surface area (Å²) in [6.45, 7) is 1.90. The molecule has 0 aliphatic heterocycles. The van der Waals surface area contributed by atoms with E-state index in [1.54, 1.807) is 11.9 Å². The Balaban J connectivity index is 1.48. The molecule has 0 aromatic carbocycles. The predicted octanol–water partition coefficient (Wildman–Crippen LogP) is 1.27. The Kier molecular flexibility index (Phi) is 6.13. The van der Waals surface area contributed by atoms with Crippen LogP contribution in [0.2, 0.25) is 0 Å². The van der Waals surface area contributed by atoms with Crippen LogP contribution in [0.15, 0.2) is 4.34 Å². The van der Waals surface area contributed by atoms with Gasteiger partial charge in [0.2, 0.25) is 22.9 Å². The third-order valence-electron chi connectivity index (χ3n) is 4.15. The molecule has 0 saturated heterocycles. The second kappa shape index (κ2) is 8.34. The molecular weight excluding hydrogens is 374 g/mol. The molecule has 8 nitrogen and oxygen atoms in total. The van der Waals surface area contributed by atoms with E-state index >= 15 is 0 Å². The van der Waals surface area contributed by atoms with Gasteiger partial charge in [-0.15, -0.1) is 10.2 Å². The number of likely N-dealkylation sites (N-methyl/N-ethyl adjacent to an activating group) is 1. The lowest BCUT2D eigenvalue weighted by Gasteiger charge is -2.17. The summed E-state index contributed by atoms with van der Waals surface area (Å²) in [6, 6.07) is 0.534. The molecule has 0 unspecified atom stereocenters. The van der Waals surface area contributed by atoms with Crippen molar-refractivity contribution in [2.24, 2.45) is 0 Å². The lowest BCUT2D eigenvalue weighted by molar-refractivity contribution is -0.132. The molecule has 0 atom stereocenters. The van der Waals surface area contributed by atoms with Gasteiger partial charge >= 0.3 is 0 Å². The Morgan fingerprint density at radius 1 is 1.19 bits per heavy atom. The number of rotatable bonds is 9. The topological polar surface area (TPSA) is 95.5 Å². The Bertz CT molecular complexity index is 687. The normalized spacial score (nSPS) is 16.2. The van der Waals surface area contributed by atoms with Crippen molar-refractivity contribution in [3.05, 3.63) is 0 Å². The molecular formula is C16H23N5O3S2. The summed E-state index contributed by atoms with van der Waals surface area (Å²) in [4.78, 5) is 39.2. The van der Waals surface area contributed by atoms with Gasteiger partial charge in [0.15, 0.2) is 4.34 Å². The van der Waals surface area contributed by atoms with Crippen molar-refractivity contribution in [2.45, 2.75) is 55.5 Å². The fourth-order valence-corrected chi connectivity index (χ4v) is 4.24. The summed E-state index contributed by atoms with van der Waals surface area (Å²) >= 11 is 2.62. The van der Waals surface area contributed by atoms with E-state index in [0.29, 0.717) is 21.9 Å². The van der Waals surface area contributed by atoms with Gasteiger partial charge < -0.3 is 10.2 Å². The summed E-state index contributed by atoms with van der Waals surface area (Å²) < 4.78 is 0.652. The highest BCUT2D eigenvalue weighted by Gasteiger charge is 2.35. The van der Waals surface area contributed by atoms with Gasteiger partial charge in [-0.2, -0.15) is 0 Å². The third kappa shape index (κ3) is 5.16. The van der Waals surface area contributed by atoms with Gasteiger partial charge in [0, 0.05) is 25.6 Å². The average Bonchev–Trinajstić information content (AvgIpc) is 3.53. The highest BCUT2D eigenvalue weighted by Crippen LogP contribution is 2.36. The van der Waals surface area contributed by atoms with Crippen LogP contribution < -0.4 is 10.2 Å². The van der Waals surface area contributed by atoms with Crippen LogP contribution in [0.3, 0.4) is 0 Å². The highest BCUT2D eigenvalue weighted by molar-refractivity contribution is 8.01. The lowest BCUT2D eigenvalue weighted by atomic mass is 10.4. The quantitative estimate of drug-likeness (QED) is 0.498. The number of nitrogens with zero attached hydrogens (tertiary/aromatic N) is 4. The van der Waals surface area contributed by atoms with Crippen molar-refractivity contribution in [2.75, 3.05) is 24.2 Å². The number of carbonyl (C=O) groups excluding carboxylic acids is 3. The molecule has 142 valence electrons. The molecule has 2 aliphatic carbocycles. The van der Waals surface area contributed by atoms with Crippen molar-refractivity contribution in [3.63, 3.8) is 0 Å². The van der Waals surface area contributed by atoms with Crippen molar-refractivity contribution >= 4 is 46.0 Å². The molecule has 2 aliphatic rings. The fourth-order valence-electron chi connectivity index (χ4n) is 2.37. The minimum atomic E-state index is -0.138. The maximum absolute atomic E-state index is 12.2. The predicted molar refractivity (Wildman–Crippen MR) is 100 cm³/mol. The van der Waals surface area contributed by atoms with E-state index in [-0.39, 0.29) is 36.1 Å². The largest absolute Gasteiger partial charge is 0.352 e. The fraction of sp³-hybridized carbons (Fsp3) is 0.688. The van der Waals surface area contributed by atoms with Gasteiger partial charge in [-0.3, -0.25) is 19.3 Å². The first-order chi connectivity index (χ1) is 12.5. The summed E-state index contributed by atoms with van der Waals surface area (Å²) in [7, 11) is 1.62. The zero-order valence-corrected chi connectivity index (χ0v) is 16.6. The third-order valence-corrected chi connectivity index (χ3v) is 6.19. The summed E-state index contributed by atoms with van der Waals surface area (Å²) in [5.41, 5.74) is 0. The van der Waals surface area contributed by atoms with Crippen LogP contribution in [-0.4, -0.2) is 64.2 Å². The zero-order chi connectivity index (χ0) is 18.7. The molecule has 1 heterocycles. The standard InChI is InChI=1S/C16H23N5O3S2/c1-3-13(23)21(11-6-7-11)15-18-19-16(26-15)25-9-14(24)20(2)8-12(22)17-10-4-5-10/h10-11H,3-9H2,1-2H3,(H,17,22). The Hall–Kier alpha value is -1.68. The van der Waals surface area contributed by atoms with Gasteiger partial charge in [-0.1, -0.05) is 30.0 Å². The number of nitrogens with one attached hydrogen (secondary N) is 1. The summed E-state index contributed by atoms with van der Waals surface area (Å²) in [6.07, 6.45) is 4.48. The molecule has 1 aromatic rings. The second-order valence-electron chi connectivity index (χ2n) is 6.58. The molecule has 3 amide bonds. The molecule has 1 N–H and O–H groups in total. The van der Waals surface area contributed by atoms with Crippen LogP contribution in [0.5, 0.6) is 0 Å². The lowest BCUT2D eigenvalue weighted by Crippen LogP contribution is -2.39. The van der Waals surface area contributed by atoms with Crippen LogP contribution in [0.1, 0.15) is 39.0 Å². The van der Waals surface area contributed by atoms with E-state index in [2.05, 4.69) is 15.5 Å². The summed E-state index contributed by atoms with van der Waals surface area (Å²) in [5.74, 6) is -0.0173. The molecule has 0 spiro atoms. The molecule has 10 heteroatoms.